The molecule has 8 heteroatoms. The molecule has 0 aliphatic rings. The number of benzene rings is 2. The predicted molar refractivity (Wildman–Crippen MR) is 117 cm³/mol. The highest BCUT2D eigenvalue weighted by molar-refractivity contribution is 7.12. The van der Waals surface area contributed by atoms with E-state index in [0.29, 0.717) is 32.6 Å². The van der Waals surface area contributed by atoms with Gasteiger partial charge in [-0.2, -0.15) is 0 Å². The van der Waals surface area contributed by atoms with Crippen LogP contribution in [-0.2, 0) is 4.79 Å². The summed E-state index contributed by atoms with van der Waals surface area (Å²) in [7, 11) is 0. The molecule has 0 spiro atoms. The van der Waals surface area contributed by atoms with E-state index in [1.807, 2.05) is 47.0 Å². The lowest BCUT2D eigenvalue weighted by Gasteiger charge is -2.10. The van der Waals surface area contributed by atoms with Crippen molar-refractivity contribution in [3.8, 4) is 5.69 Å². The quantitative estimate of drug-likeness (QED) is 0.438. The summed E-state index contributed by atoms with van der Waals surface area (Å²) < 4.78 is 1.81. The van der Waals surface area contributed by atoms with Crippen LogP contribution in [-0.4, -0.2) is 21.4 Å². The van der Waals surface area contributed by atoms with Gasteiger partial charge in [-0.3, -0.25) is 19.5 Å². The smallest absolute Gasteiger partial charge is 0.268 e. The Kier molecular flexibility index (Phi) is 5.16. The zero-order valence-electron chi connectivity index (χ0n) is 15.1. The van der Waals surface area contributed by atoms with Crippen molar-refractivity contribution in [3.63, 3.8) is 0 Å². The van der Waals surface area contributed by atoms with Gasteiger partial charge in [0.2, 0.25) is 11.9 Å². The second kappa shape index (κ2) is 7.90. The molecule has 2 heterocycles. The van der Waals surface area contributed by atoms with Crippen molar-refractivity contribution < 1.29 is 9.59 Å². The fourth-order valence-corrected chi connectivity index (χ4v) is 3.86. The van der Waals surface area contributed by atoms with Gasteiger partial charge in [0.15, 0.2) is 0 Å². The Morgan fingerprint density at radius 1 is 1.10 bits per heavy atom. The zero-order chi connectivity index (χ0) is 20.4. The van der Waals surface area contributed by atoms with Gasteiger partial charge in [-0.05, 0) is 36.4 Å². The molecule has 4 rings (SSSR count). The molecule has 0 aliphatic heterocycles. The largest absolute Gasteiger partial charge is 0.322 e. The molecule has 0 unspecified atom stereocenters. The number of para-hydroxylation sites is 2. The molecule has 0 saturated heterocycles. The van der Waals surface area contributed by atoms with E-state index in [4.69, 9.17) is 11.6 Å². The molecule has 4 aromatic rings. The monoisotopic (exact) mass is 422 g/mol. The van der Waals surface area contributed by atoms with Crippen molar-refractivity contribution in [2.45, 2.75) is 0 Å². The van der Waals surface area contributed by atoms with Gasteiger partial charge in [-0.25, -0.2) is 4.98 Å². The second-order valence-corrected chi connectivity index (χ2v) is 7.38. The third-order valence-electron chi connectivity index (χ3n) is 4.14. The summed E-state index contributed by atoms with van der Waals surface area (Å²) in [6.45, 7) is 3.41. The maximum Gasteiger partial charge on any atom is 0.268 e. The highest BCUT2D eigenvalue weighted by Crippen LogP contribution is 2.30. The summed E-state index contributed by atoms with van der Waals surface area (Å²) in [6.07, 6.45) is 1.17. The van der Waals surface area contributed by atoms with Gasteiger partial charge in [0.25, 0.3) is 5.91 Å². The molecule has 6 nitrogen and oxygen atoms in total. The normalized spacial score (nSPS) is 10.7. The molecule has 144 valence electrons. The first-order valence-electron chi connectivity index (χ1n) is 8.62. The summed E-state index contributed by atoms with van der Waals surface area (Å²) in [5, 5.41) is 7.71. The Morgan fingerprint density at radius 3 is 2.66 bits per heavy atom. The molecule has 0 bridgehead atoms. The number of imidazole rings is 1. The fraction of sp³-hybridized carbons (Fsp3) is 0. The number of carbonyl (C=O) groups excluding carboxylic acids is 2. The Morgan fingerprint density at radius 2 is 1.90 bits per heavy atom. The molecule has 0 fully saturated rings. The average molecular weight is 423 g/mol. The van der Waals surface area contributed by atoms with E-state index in [1.54, 1.807) is 17.5 Å². The van der Waals surface area contributed by atoms with Crippen molar-refractivity contribution in [1.82, 2.24) is 9.55 Å². The van der Waals surface area contributed by atoms with Crippen LogP contribution in [0.1, 0.15) is 9.67 Å². The lowest BCUT2D eigenvalue weighted by atomic mass is 10.3. The number of hydrogen-bond donors (Lipinski definition) is 2. The zero-order valence-corrected chi connectivity index (χ0v) is 16.6. The van der Waals surface area contributed by atoms with Crippen LogP contribution in [0.25, 0.3) is 16.7 Å². The summed E-state index contributed by atoms with van der Waals surface area (Å²) in [5.41, 5.74) is 2.73. The van der Waals surface area contributed by atoms with E-state index in [-0.39, 0.29) is 11.8 Å². The third-order valence-corrected chi connectivity index (χ3v) is 5.38. The van der Waals surface area contributed by atoms with Gasteiger partial charge in [-0.1, -0.05) is 42.4 Å². The first-order valence-corrected chi connectivity index (χ1v) is 9.88. The number of aromatic nitrogens is 2. The maximum absolute atomic E-state index is 12.8. The minimum absolute atomic E-state index is 0.335. The van der Waals surface area contributed by atoms with E-state index in [9.17, 15) is 9.59 Å². The van der Waals surface area contributed by atoms with E-state index in [1.165, 1.54) is 17.4 Å². The number of hydrogen-bond acceptors (Lipinski definition) is 4. The van der Waals surface area contributed by atoms with Crippen LogP contribution in [0.3, 0.4) is 0 Å². The SMILES string of the molecule is C=CC(=O)Nc1csc(C(=O)Nc2nc3cccc(Cl)c3n2-c2ccccc2)c1. The third kappa shape index (κ3) is 3.78. The standard InChI is InChI=1S/C21H15ClN4O2S/c1-2-18(27)23-13-11-17(29-12-13)20(28)25-21-24-16-10-6-9-15(22)19(16)26(21)14-7-4-3-5-8-14/h2-12H,1H2,(H,23,27)(H,24,25,28). The average Bonchev–Trinajstić information content (AvgIpc) is 3.33. The Hall–Kier alpha value is -3.42. The van der Waals surface area contributed by atoms with Crippen molar-refractivity contribution in [2.24, 2.45) is 0 Å². The number of halogens is 1. The molecule has 0 saturated carbocycles. The van der Waals surface area contributed by atoms with Crippen molar-refractivity contribution in [2.75, 3.05) is 10.6 Å². The fourth-order valence-electron chi connectivity index (χ4n) is 2.88. The van der Waals surface area contributed by atoms with Crippen molar-refractivity contribution in [3.05, 3.63) is 82.5 Å². The number of amides is 2. The van der Waals surface area contributed by atoms with E-state index in [2.05, 4.69) is 22.2 Å². The highest BCUT2D eigenvalue weighted by Gasteiger charge is 2.18. The van der Waals surface area contributed by atoms with Gasteiger partial charge in [-0.15, -0.1) is 11.3 Å². The Labute approximate surface area is 175 Å². The predicted octanol–water partition coefficient (Wildman–Crippen LogP) is 5.12. The molecular weight excluding hydrogens is 408 g/mol. The molecular formula is C21H15ClN4O2S. The molecule has 2 aromatic heterocycles. The molecule has 2 N–H and O–H groups in total. The second-order valence-electron chi connectivity index (χ2n) is 6.06. The van der Waals surface area contributed by atoms with Crippen LogP contribution < -0.4 is 10.6 Å². The minimum Gasteiger partial charge on any atom is -0.322 e. The number of nitrogens with one attached hydrogen (secondary N) is 2. The van der Waals surface area contributed by atoms with Crippen LogP contribution in [0.2, 0.25) is 5.02 Å². The molecule has 2 aromatic carbocycles. The van der Waals surface area contributed by atoms with Gasteiger partial charge in [0, 0.05) is 11.1 Å². The maximum atomic E-state index is 12.8. The van der Waals surface area contributed by atoms with Crippen molar-refractivity contribution >= 4 is 57.4 Å². The Bertz CT molecular complexity index is 1230. The number of thiophene rings is 1. The summed E-state index contributed by atoms with van der Waals surface area (Å²) >= 11 is 7.64. The van der Waals surface area contributed by atoms with E-state index < -0.39 is 0 Å². The van der Waals surface area contributed by atoms with Crippen LogP contribution in [0.4, 0.5) is 11.6 Å². The number of fused-ring (bicyclic) bond motifs is 1. The van der Waals surface area contributed by atoms with Crippen LogP contribution >= 0.6 is 22.9 Å². The molecule has 0 atom stereocenters. The van der Waals surface area contributed by atoms with Crippen molar-refractivity contribution in [1.29, 1.82) is 0 Å². The molecule has 29 heavy (non-hydrogen) atoms. The van der Waals surface area contributed by atoms with Gasteiger partial charge >= 0.3 is 0 Å². The highest BCUT2D eigenvalue weighted by atomic mass is 35.5. The number of rotatable bonds is 5. The summed E-state index contributed by atoms with van der Waals surface area (Å²) in [6, 6.07) is 16.6. The van der Waals surface area contributed by atoms with Crippen LogP contribution in [0.15, 0.2) is 72.6 Å². The van der Waals surface area contributed by atoms with Gasteiger partial charge in [0.1, 0.15) is 0 Å². The summed E-state index contributed by atoms with van der Waals surface area (Å²) in [4.78, 5) is 29.2. The first kappa shape index (κ1) is 18.9. The van der Waals surface area contributed by atoms with E-state index >= 15 is 0 Å². The Balaban J connectivity index is 1.71. The molecule has 2 amide bonds. The first-order chi connectivity index (χ1) is 14.1. The van der Waals surface area contributed by atoms with Gasteiger partial charge in [0.05, 0.1) is 26.6 Å². The molecule has 0 radical (unpaired) electrons. The number of anilines is 2. The lowest BCUT2D eigenvalue weighted by molar-refractivity contribution is -0.111. The van der Waals surface area contributed by atoms with Crippen LogP contribution in [0, 0.1) is 0 Å². The summed E-state index contributed by atoms with van der Waals surface area (Å²) in [5.74, 6) is -0.317. The minimum atomic E-state index is -0.338. The lowest BCUT2D eigenvalue weighted by Crippen LogP contribution is -2.14. The van der Waals surface area contributed by atoms with Gasteiger partial charge < -0.3 is 5.32 Å². The topological polar surface area (TPSA) is 76.0 Å². The number of nitrogens with zero attached hydrogens (tertiary/aromatic N) is 2. The van der Waals surface area contributed by atoms with E-state index in [0.717, 1.165) is 5.69 Å². The van der Waals surface area contributed by atoms with Crippen LogP contribution in [0.5, 0.6) is 0 Å². The molecule has 0 aliphatic carbocycles. The number of carbonyl (C=O) groups is 2.